The molecule has 2 bridgehead atoms. The molecule has 5 nitrogen and oxygen atoms in total. The van der Waals surface area contributed by atoms with Crippen molar-refractivity contribution >= 4 is 0 Å². The first-order valence-electron chi connectivity index (χ1n) is 9.79. The summed E-state index contributed by atoms with van der Waals surface area (Å²) in [4.78, 5) is 2.25. The minimum absolute atomic E-state index is 0.00332. The first-order valence-corrected chi connectivity index (χ1v) is 9.79. The van der Waals surface area contributed by atoms with Gasteiger partial charge in [0, 0.05) is 11.6 Å². The van der Waals surface area contributed by atoms with Crippen LogP contribution in [-0.2, 0) is 11.8 Å². The Bertz CT molecular complexity index is 778. The van der Waals surface area contributed by atoms with E-state index in [4.69, 9.17) is 9.47 Å². The predicted molar refractivity (Wildman–Crippen MR) is 97.8 cm³/mol. The SMILES string of the molecule is CCCCOc1ccc2c3c1O[C@H]1[C@@H](O)C=C[C@@]4(O)[C@@H](C2)N(C)CC[C@]314. The first kappa shape index (κ1) is 16.6. The van der Waals surface area contributed by atoms with Crippen molar-refractivity contribution in [3.8, 4) is 11.5 Å². The highest BCUT2D eigenvalue weighted by atomic mass is 16.5. The van der Waals surface area contributed by atoms with Gasteiger partial charge in [0.25, 0.3) is 0 Å². The fraction of sp³-hybridized carbons (Fsp3) is 0.619. The summed E-state index contributed by atoms with van der Waals surface area (Å²) >= 11 is 0. The van der Waals surface area contributed by atoms with Crippen molar-refractivity contribution in [3.05, 3.63) is 35.4 Å². The van der Waals surface area contributed by atoms with Gasteiger partial charge in [0.05, 0.1) is 12.0 Å². The second kappa shape index (κ2) is 5.47. The molecule has 2 aliphatic carbocycles. The van der Waals surface area contributed by atoms with E-state index in [1.165, 1.54) is 5.56 Å². The lowest BCUT2D eigenvalue weighted by molar-refractivity contribution is -0.151. The summed E-state index contributed by atoms with van der Waals surface area (Å²) in [6, 6.07) is 4.12. The molecule has 140 valence electrons. The molecular weight excluding hydrogens is 330 g/mol. The van der Waals surface area contributed by atoms with E-state index in [-0.39, 0.29) is 6.04 Å². The van der Waals surface area contributed by atoms with E-state index in [0.717, 1.165) is 49.3 Å². The number of unbranched alkanes of at least 4 members (excludes halogenated alkanes) is 1. The quantitative estimate of drug-likeness (QED) is 0.635. The lowest BCUT2D eigenvalue weighted by atomic mass is 9.50. The monoisotopic (exact) mass is 357 g/mol. The molecule has 1 aromatic rings. The molecule has 1 saturated heterocycles. The van der Waals surface area contributed by atoms with Crippen molar-refractivity contribution in [1.29, 1.82) is 0 Å². The van der Waals surface area contributed by atoms with Crippen molar-refractivity contribution in [2.45, 2.75) is 61.9 Å². The van der Waals surface area contributed by atoms with Gasteiger partial charge in [-0.1, -0.05) is 31.6 Å². The van der Waals surface area contributed by atoms with Crippen molar-refractivity contribution < 1.29 is 19.7 Å². The van der Waals surface area contributed by atoms with Gasteiger partial charge in [0.1, 0.15) is 17.8 Å². The highest BCUT2D eigenvalue weighted by Gasteiger charge is 2.71. The van der Waals surface area contributed by atoms with Gasteiger partial charge in [0.2, 0.25) is 0 Å². The third-order valence-corrected chi connectivity index (χ3v) is 7.02. The van der Waals surface area contributed by atoms with E-state index < -0.39 is 23.2 Å². The van der Waals surface area contributed by atoms with Gasteiger partial charge in [-0.05, 0) is 44.5 Å². The third-order valence-electron chi connectivity index (χ3n) is 7.02. The number of likely N-dealkylation sites (N-methyl/N-ethyl adjacent to an activating group) is 1. The van der Waals surface area contributed by atoms with Gasteiger partial charge in [-0.15, -0.1) is 0 Å². The van der Waals surface area contributed by atoms with Crippen molar-refractivity contribution in [3.63, 3.8) is 0 Å². The van der Waals surface area contributed by atoms with Crippen LogP contribution in [0.4, 0.5) is 0 Å². The van der Waals surface area contributed by atoms with Crippen molar-refractivity contribution in [1.82, 2.24) is 4.90 Å². The van der Waals surface area contributed by atoms with Crippen LogP contribution >= 0.6 is 0 Å². The zero-order chi connectivity index (χ0) is 18.1. The summed E-state index contributed by atoms with van der Waals surface area (Å²) in [5.41, 5.74) is 0.677. The molecule has 0 aromatic heterocycles. The number of piperidine rings is 1. The Balaban J connectivity index is 1.70. The Kier molecular flexibility index (Phi) is 3.49. The van der Waals surface area contributed by atoms with Gasteiger partial charge in [-0.2, -0.15) is 0 Å². The van der Waals surface area contributed by atoms with E-state index >= 15 is 0 Å². The molecule has 2 N–H and O–H groups in total. The number of ether oxygens (including phenoxy) is 2. The summed E-state index contributed by atoms with van der Waals surface area (Å²) in [5.74, 6) is 1.49. The standard InChI is InChI=1S/C21H27NO4/c1-3-4-11-25-15-6-5-13-12-16-21(24)8-7-14(23)19-20(21,9-10-22(16)2)17(13)18(15)26-19/h5-8,14,16,19,23-24H,3-4,9-12H2,1-2H3/t14-,16+,19-,20-,21+/m0/s1. The van der Waals surface area contributed by atoms with Crippen LogP contribution in [-0.4, -0.2) is 59.2 Å². The van der Waals surface area contributed by atoms with Crippen molar-refractivity contribution in [2.75, 3.05) is 20.2 Å². The Hall–Kier alpha value is -1.56. The molecule has 0 amide bonds. The number of hydrogen-bond acceptors (Lipinski definition) is 5. The number of aliphatic hydroxyl groups is 2. The molecule has 5 rings (SSSR count). The summed E-state index contributed by atoms with van der Waals surface area (Å²) < 4.78 is 12.4. The molecule has 5 heteroatoms. The molecule has 2 aliphatic heterocycles. The Morgan fingerprint density at radius 3 is 3.04 bits per heavy atom. The lowest BCUT2D eigenvalue weighted by Gasteiger charge is -2.61. The minimum atomic E-state index is -1.02. The maximum Gasteiger partial charge on any atom is 0.166 e. The van der Waals surface area contributed by atoms with Crippen LogP contribution in [0.1, 0.15) is 37.3 Å². The molecule has 1 aromatic carbocycles. The Morgan fingerprint density at radius 2 is 2.23 bits per heavy atom. The topological polar surface area (TPSA) is 62.2 Å². The van der Waals surface area contributed by atoms with Gasteiger partial charge >= 0.3 is 0 Å². The van der Waals surface area contributed by atoms with E-state index in [0.29, 0.717) is 6.61 Å². The molecule has 5 atom stereocenters. The minimum Gasteiger partial charge on any atom is -0.490 e. The third kappa shape index (κ3) is 1.81. The molecule has 0 saturated carbocycles. The van der Waals surface area contributed by atoms with Gasteiger partial charge in [0.15, 0.2) is 11.5 Å². The predicted octanol–water partition coefficient (Wildman–Crippen LogP) is 1.79. The van der Waals surface area contributed by atoms with Crippen LogP contribution in [0.2, 0.25) is 0 Å². The first-order chi connectivity index (χ1) is 12.5. The zero-order valence-corrected chi connectivity index (χ0v) is 15.4. The Labute approximate surface area is 154 Å². The second-order valence-corrected chi connectivity index (χ2v) is 8.26. The molecule has 1 spiro atoms. The number of rotatable bonds is 4. The van der Waals surface area contributed by atoms with Crippen LogP contribution in [0.15, 0.2) is 24.3 Å². The van der Waals surface area contributed by atoms with Gasteiger partial charge in [-0.25, -0.2) is 0 Å². The maximum absolute atomic E-state index is 11.8. The molecular formula is C21H27NO4. The van der Waals surface area contributed by atoms with Crippen LogP contribution in [0.3, 0.4) is 0 Å². The van der Waals surface area contributed by atoms with E-state index in [1.54, 1.807) is 6.08 Å². The molecule has 0 radical (unpaired) electrons. The van der Waals surface area contributed by atoms with E-state index in [2.05, 4.69) is 24.9 Å². The fourth-order valence-corrected chi connectivity index (χ4v) is 5.71. The van der Waals surface area contributed by atoms with Gasteiger partial charge in [-0.3, -0.25) is 4.90 Å². The van der Waals surface area contributed by atoms with Crippen LogP contribution < -0.4 is 9.47 Å². The van der Waals surface area contributed by atoms with Crippen LogP contribution in [0.5, 0.6) is 11.5 Å². The van der Waals surface area contributed by atoms with Gasteiger partial charge < -0.3 is 19.7 Å². The largest absolute Gasteiger partial charge is 0.490 e. The van der Waals surface area contributed by atoms with Crippen LogP contribution in [0, 0.1) is 0 Å². The zero-order valence-electron chi connectivity index (χ0n) is 15.4. The average Bonchev–Trinajstić information content (AvgIpc) is 2.98. The highest BCUT2D eigenvalue weighted by Crippen LogP contribution is 2.63. The number of benzene rings is 1. The summed E-state index contributed by atoms with van der Waals surface area (Å²) in [5, 5.41) is 22.5. The lowest BCUT2D eigenvalue weighted by Crippen LogP contribution is -2.75. The number of aliphatic hydroxyl groups excluding tert-OH is 1. The number of nitrogens with zero attached hydrogens (tertiary/aromatic N) is 1. The molecule has 1 fully saturated rings. The summed E-state index contributed by atoms with van der Waals surface area (Å²) in [6.45, 7) is 3.67. The summed E-state index contributed by atoms with van der Waals surface area (Å²) in [7, 11) is 2.08. The molecule has 26 heavy (non-hydrogen) atoms. The molecule has 4 aliphatic rings. The van der Waals surface area contributed by atoms with Crippen LogP contribution in [0.25, 0.3) is 0 Å². The molecule has 2 heterocycles. The summed E-state index contributed by atoms with van der Waals surface area (Å²) in [6.07, 6.45) is 5.98. The van der Waals surface area contributed by atoms with E-state index in [1.807, 2.05) is 12.1 Å². The van der Waals surface area contributed by atoms with Crippen molar-refractivity contribution in [2.24, 2.45) is 0 Å². The van der Waals surface area contributed by atoms with E-state index in [9.17, 15) is 10.2 Å². The second-order valence-electron chi connectivity index (χ2n) is 8.26. The fourth-order valence-electron chi connectivity index (χ4n) is 5.71. The highest BCUT2D eigenvalue weighted by molar-refractivity contribution is 5.64. The molecule has 0 unspecified atom stereocenters. The smallest absolute Gasteiger partial charge is 0.166 e. The maximum atomic E-state index is 11.8. The average molecular weight is 357 g/mol. The number of hydrogen-bond donors (Lipinski definition) is 2. The Morgan fingerprint density at radius 1 is 1.38 bits per heavy atom. The number of likely N-dealkylation sites (tertiary alicyclic amines) is 1. The normalized spacial score (nSPS) is 39.5.